The van der Waals surface area contributed by atoms with Crippen molar-refractivity contribution < 1.29 is 0 Å². The Kier molecular flexibility index (Phi) is 1.20. The van der Waals surface area contributed by atoms with E-state index < -0.39 is 0 Å². The third kappa shape index (κ3) is 1.07. The second kappa shape index (κ2) is 1.92. The summed E-state index contributed by atoms with van der Waals surface area (Å²) >= 11 is 6.95. The first-order valence-electron chi connectivity index (χ1n) is 2.85. The van der Waals surface area contributed by atoms with Crippen molar-refractivity contribution in [3.8, 4) is 0 Å². The summed E-state index contributed by atoms with van der Waals surface area (Å²) in [6.45, 7) is 0. The van der Waals surface area contributed by atoms with Crippen molar-refractivity contribution in [2.75, 3.05) is 0 Å². The molecule has 2 nitrogen and oxygen atoms in total. The molecular formula is C5H5ClN2S. The van der Waals surface area contributed by atoms with E-state index in [1.54, 1.807) is 0 Å². The minimum absolute atomic E-state index is 0.405. The van der Waals surface area contributed by atoms with E-state index in [1.807, 2.05) is 0 Å². The number of nitrogens with zero attached hydrogens (tertiary/aromatic N) is 2. The van der Waals surface area contributed by atoms with E-state index in [1.165, 1.54) is 24.4 Å². The van der Waals surface area contributed by atoms with Crippen molar-refractivity contribution in [2.24, 2.45) is 0 Å². The van der Waals surface area contributed by atoms with Crippen molar-refractivity contribution in [1.82, 2.24) is 9.36 Å². The lowest BCUT2D eigenvalue weighted by atomic mass is 10.5. The fourth-order valence-electron chi connectivity index (χ4n) is 0.712. The molecule has 0 saturated heterocycles. The zero-order valence-corrected chi connectivity index (χ0v) is 6.24. The lowest BCUT2D eigenvalue weighted by Gasteiger charge is -1.79. The average molecular weight is 161 g/mol. The second-order valence-corrected chi connectivity index (χ2v) is 3.30. The minimum atomic E-state index is 0.405. The first-order chi connectivity index (χ1) is 4.36. The lowest BCUT2D eigenvalue weighted by Crippen LogP contribution is -1.72. The first-order valence-corrected chi connectivity index (χ1v) is 4.00. The van der Waals surface area contributed by atoms with Crippen LogP contribution in [0.25, 0.3) is 0 Å². The van der Waals surface area contributed by atoms with E-state index in [0.29, 0.717) is 11.2 Å². The van der Waals surface area contributed by atoms with Crippen LogP contribution in [-0.4, -0.2) is 9.36 Å². The molecule has 4 heteroatoms. The molecule has 0 bridgehead atoms. The Hall–Kier alpha value is -0.150. The summed E-state index contributed by atoms with van der Waals surface area (Å²) in [7, 11) is 0. The Morgan fingerprint density at radius 3 is 2.78 bits per heavy atom. The van der Waals surface area contributed by atoms with Gasteiger partial charge in [-0.25, -0.2) is 4.98 Å². The van der Waals surface area contributed by atoms with Crippen molar-refractivity contribution in [2.45, 2.75) is 18.8 Å². The van der Waals surface area contributed by atoms with Gasteiger partial charge >= 0.3 is 0 Å². The van der Waals surface area contributed by atoms with E-state index in [0.717, 1.165) is 5.01 Å². The van der Waals surface area contributed by atoms with Crippen molar-refractivity contribution >= 4 is 23.1 Å². The molecule has 0 unspecified atom stereocenters. The zero-order chi connectivity index (χ0) is 6.27. The van der Waals surface area contributed by atoms with Crippen LogP contribution in [0, 0.1) is 0 Å². The van der Waals surface area contributed by atoms with E-state index in [9.17, 15) is 0 Å². The number of hydrogen-bond donors (Lipinski definition) is 0. The molecule has 0 spiro atoms. The van der Waals surface area contributed by atoms with Crippen LogP contribution in [-0.2, 0) is 0 Å². The summed E-state index contributed by atoms with van der Waals surface area (Å²) in [5.74, 6) is 0.690. The Balaban J connectivity index is 2.28. The number of aromatic nitrogens is 2. The van der Waals surface area contributed by atoms with E-state index in [4.69, 9.17) is 11.6 Å². The molecule has 0 atom stereocenters. The van der Waals surface area contributed by atoms with Crippen LogP contribution in [0.2, 0.25) is 5.28 Å². The summed E-state index contributed by atoms with van der Waals surface area (Å²) < 4.78 is 3.87. The van der Waals surface area contributed by atoms with Gasteiger partial charge in [0.2, 0.25) is 5.28 Å². The summed E-state index contributed by atoms with van der Waals surface area (Å²) in [4.78, 5) is 4.05. The highest BCUT2D eigenvalue weighted by Crippen LogP contribution is 2.40. The normalized spacial score (nSPS) is 18.3. The van der Waals surface area contributed by atoms with Gasteiger partial charge in [-0.15, -0.1) is 0 Å². The standard InChI is InChI=1S/C5H5ClN2S/c6-5-7-4(9-8-5)3-1-2-3/h3H,1-2H2. The number of hydrogen-bond acceptors (Lipinski definition) is 3. The molecule has 1 aromatic heterocycles. The van der Waals surface area contributed by atoms with Crippen molar-refractivity contribution in [3.05, 3.63) is 10.3 Å². The number of halogens is 1. The molecule has 0 radical (unpaired) electrons. The van der Waals surface area contributed by atoms with Gasteiger partial charge in [-0.3, -0.25) is 0 Å². The van der Waals surface area contributed by atoms with E-state index in [2.05, 4.69) is 9.36 Å². The van der Waals surface area contributed by atoms with Gasteiger partial charge in [-0.2, -0.15) is 4.37 Å². The van der Waals surface area contributed by atoms with Gasteiger partial charge in [-0.05, 0) is 36.0 Å². The Morgan fingerprint density at radius 1 is 1.56 bits per heavy atom. The van der Waals surface area contributed by atoms with E-state index >= 15 is 0 Å². The van der Waals surface area contributed by atoms with Gasteiger partial charge in [0.05, 0.1) is 0 Å². The molecule has 9 heavy (non-hydrogen) atoms. The lowest BCUT2D eigenvalue weighted by molar-refractivity contribution is 1.08. The quantitative estimate of drug-likeness (QED) is 0.629. The van der Waals surface area contributed by atoms with E-state index in [-0.39, 0.29) is 0 Å². The Morgan fingerprint density at radius 2 is 2.33 bits per heavy atom. The van der Waals surface area contributed by atoms with Crippen LogP contribution in [0.4, 0.5) is 0 Å². The maximum absolute atomic E-state index is 5.52. The molecule has 0 aliphatic heterocycles. The molecule has 1 aromatic rings. The van der Waals surface area contributed by atoms with Crippen LogP contribution in [0.3, 0.4) is 0 Å². The topological polar surface area (TPSA) is 25.8 Å². The second-order valence-electron chi connectivity index (χ2n) is 2.18. The molecule has 0 amide bonds. The highest BCUT2D eigenvalue weighted by molar-refractivity contribution is 7.05. The van der Waals surface area contributed by atoms with Crippen LogP contribution in [0.15, 0.2) is 0 Å². The third-order valence-corrected chi connectivity index (χ3v) is 2.49. The smallest absolute Gasteiger partial charge is 0.209 e. The van der Waals surface area contributed by atoms with Crippen LogP contribution in [0.5, 0.6) is 0 Å². The van der Waals surface area contributed by atoms with Crippen LogP contribution < -0.4 is 0 Å². The largest absolute Gasteiger partial charge is 0.234 e. The molecule has 48 valence electrons. The Bertz CT molecular complexity index is 218. The summed E-state index contributed by atoms with van der Waals surface area (Å²) in [5.41, 5.74) is 0. The zero-order valence-electron chi connectivity index (χ0n) is 4.67. The van der Waals surface area contributed by atoms with Gasteiger partial charge in [0, 0.05) is 5.92 Å². The molecule has 0 aromatic carbocycles. The molecular weight excluding hydrogens is 156 g/mol. The number of rotatable bonds is 1. The summed E-state index contributed by atoms with van der Waals surface area (Å²) in [5, 5.41) is 1.52. The maximum Gasteiger partial charge on any atom is 0.234 e. The predicted octanol–water partition coefficient (Wildman–Crippen LogP) is 2.07. The molecule has 1 aliphatic rings. The monoisotopic (exact) mass is 160 g/mol. The molecule has 1 heterocycles. The third-order valence-electron chi connectivity index (χ3n) is 1.34. The highest BCUT2D eigenvalue weighted by Gasteiger charge is 2.26. The van der Waals surface area contributed by atoms with Gasteiger partial charge in [0.15, 0.2) is 0 Å². The Labute approximate surface area is 62.0 Å². The maximum atomic E-state index is 5.52. The first kappa shape index (κ1) is 5.62. The highest BCUT2D eigenvalue weighted by atomic mass is 35.5. The fraction of sp³-hybridized carbons (Fsp3) is 0.600. The summed E-state index contributed by atoms with van der Waals surface area (Å²) in [6.07, 6.45) is 2.54. The van der Waals surface area contributed by atoms with Gasteiger partial charge in [0.25, 0.3) is 0 Å². The summed E-state index contributed by atoms with van der Waals surface area (Å²) in [6, 6.07) is 0. The van der Waals surface area contributed by atoms with Crippen molar-refractivity contribution in [3.63, 3.8) is 0 Å². The molecule has 1 aliphatic carbocycles. The molecule has 1 saturated carbocycles. The van der Waals surface area contributed by atoms with Crippen LogP contribution >= 0.6 is 23.1 Å². The minimum Gasteiger partial charge on any atom is -0.209 e. The molecule has 2 rings (SSSR count). The van der Waals surface area contributed by atoms with Crippen LogP contribution in [0.1, 0.15) is 23.8 Å². The van der Waals surface area contributed by atoms with Crippen molar-refractivity contribution in [1.29, 1.82) is 0 Å². The molecule has 1 fully saturated rings. The fourth-order valence-corrected chi connectivity index (χ4v) is 1.68. The SMILES string of the molecule is Clc1nsc(C2CC2)n1. The molecule has 0 N–H and O–H groups in total. The van der Waals surface area contributed by atoms with Gasteiger partial charge in [-0.1, -0.05) is 0 Å². The van der Waals surface area contributed by atoms with Gasteiger partial charge in [0.1, 0.15) is 5.01 Å². The average Bonchev–Trinajstić information content (AvgIpc) is 2.58. The van der Waals surface area contributed by atoms with Gasteiger partial charge < -0.3 is 0 Å². The predicted molar refractivity (Wildman–Crippen MR) is 36.9 cm³/mol.